The largest absolute Gasteiger partial charge is 0.440 e. The molecule has 0 aliphatic carbocycles. The molecule has 0 unspecified atom stereocenters. The fourth-order valence-electron chi connectivity index (χ4n) is 3.28. The van der Waals surface area contributed by atoms with Gasteiger partial charge in [0, 0.05) is 29.3 Å². The van der Waals surface area contributed by atoms with Crippen LogP contribution in [0.4, 0.5) is 0 Å². The van der Waals surface area contributed by atoms with E-state index < -0.39 is 5.92 Å². The van der Waals surface area contributed by atoms with Gasteiger partial charge in [0.1, 0.15) is 17.4 Å². The summed E-state index contributed by atoms with van der Waals surface area (Å²) in [5.74, 6) is -0.125. The molecular formula is C20H21BrN4O2. The molecule has 0 bridgehead atoms. The van der Waals surface area contributed by atoms with Crippen LogP contribution in [0.3, 0.4) is 0 Å². The maximum atomic E-state index is 13.4. The fraction of sp³-hybridized carbons (Fsp3) is 0.300. The summed E-state index contributed by atoms with van der Waals surface area (Å²) in [6.45, 7) is 3.14. The summed E-state index contributed by atoms with van der Waals surface area (Å²) in [6.07, 6.45) is 0. The minimum absolute atomic E-state index is 0.0376. The summed E-state index contributed by atoms with van der Waals surface area (Å²) in [7, 11) is 3.92. The molecule has 0 saturated carbocycles. The smallest absolute Gasteiger partial charge is 0.258 e. The number of pyridine rings is 1. The first-order chi connectivity index (χ1) is 12.8. The molecule has 3 rings (SSSR count). The Morgan fingerprint density at radius 2 is 2.07 bits per heavy atom. The number of allylic oxidation sites excluding steroid dienone is 1. The zero-order chi connectivity index (χ0) is 19.7. The van der Waals surface area contributed by atoms with Gasteiger partial charge in [0.25, 0.3) is 5.56 Å². The van der Waals surface area contributed by atoms with E-state index >= 15 is 0 Å². The van der Waals surface area contributed by atoms with Crippen LogP contribution in [0.1, 0.15) is 22.7 Å². The van der Waals surface area contributed by atoms with Gasteiger partial charge in [0.2, 0.25) is 5.88 Å². The van der Waals surface area contributed by atoms with Crippen LogP contribution in [0.25, 0.3) is 0 Å². The number of nitrogens with zero attached hydrogens (tertiary/aromatic N) is 3. The number of hydrogen-bond donors (Lipinski definition) is 1. The van der Waals surface area contributed by atoms with Crippen LogP contribution in [0, 0.1) is 18.3 Å². The van der Waals surface area contributed by atoms with E-state index in [2.05, 4.69) is 22.0 Å². The van der Waals surface area contributed by atoms with E-state index in [1.54, 1.807) is 4.57 Å². The van der Waals surface area contributed by atoms with Crippen molar-refractivity contribution in [3.05, 3.63) is 73.4 Å². The summed E-state index contributed by atoms with van der Waals surface area (Å²) in [6, 6.07) is 11.5. The monoisotopic (exact) mass is 428 g/mol. The highest BCUT2D eigenvalue weighted by Gasteiger charge is 2.35. The molecule has 1 atom stereocenters. The van der Waals surface area contributed by atoms with Gasteiger partial charge in [-0.1, -0.05) is 34.1 Å². The normalized spacial score (nSPS) is 16.1. The lowest BCUT2D eigenvalue weighted by Crippen LogP contribution is -2.34. The molecule has 27 heavy (non-hydrogen) atoms. The Bertz CT molecular complexity index is 1020. The summed E-state index contributed by atoms with van der Waals surface area (Å²) >= 11 is 3.54. The minimum atomic E-state index is -0.576. The lowest BCUT2D eigenvalue weighted by molar-refractivity contribution is 0.369. The van der Waals surface area contributed by atoms with Crippen LogP contribution in [0.2, 0.25) is 0 Å². The number of rotatable bonds is 4. The fourth-order valence-corrected chi connectivity index (χ4v) is 3.80. The van der Waals surface area contributed by atoms with Gasteiger partial charge in [-0.15, -0.1) is 0 Å². The first-order valence-corrected chi connectivity index (χ1v) is 9.35. The summed E-state index contributed by atoms with van der Waals surface area (Å²) in [5, 5.41) is 9.70. The van der Waals surface area contributed by atoms with Crippen molar-refractivity contribution in [1.82, 2.24) is 9.47 Å². The molecule has 0 saturated heterocycles. The van der Waals surface area contributed by atoms with E-state index in [4.69, 9.17) is 10.5 Å². The average Bonchev–Trinajstić information content (AvgIpc) is 2.60. The molecule has 0 fully saturated rings. The molecule has 1 aliphatic rings. The first-order valence-electron chi connectivity index (χ1n) is 8.56. The van der Waals surface area contributed by atoms with Crippen LogP contribution < -0.4 is 16.0 Å². The van der Waals surface area contributed by atoms with Crippen LogP contribution >= 0.6 is 15.9 Å². The number of benzene rings is 1. The number of aromatic nitrogens is 1. The summed E-state index contributed by atoms with van der Waals surface area (Å²) in [5.41, 5.74) is 8.15. The van der Waals surface area contributed by atoms with Gasteiger partial charge >= 0.3 is 0 Å². The summed E-state index contributed by atoms with van der Waals surface area (Å²) < 4.78 is 8.20. The second-order valence-corrected chi connectivity index (χ2v) is 7.62. The van der Waals surface area contributed by atoms with E-state index in [-0.39, 0.29) is 17.0 Å². The van der Waals surface area contributed by atoms with Gasteiger partial charge in [-0.3, -0.25) is 4.79 Å². The summed E-state index contributed by atoms with van der Waals surface area (Å²) in [4.78, 5) is 15.4. The third-order valence-corrected chi connectivity index (χ3v) is 5.40. The maximum absolute atomic E-state index is 13.4. The number of fused-ring (bicyclic) bond motifs is 1. The van der Waals surface area contributed by atoms with Crippen molar-refractivity contribution in [1.29, 1.82) is 5.26 Å². The van der Waals surface area contributed by atoms with Crippen molar-refractivity contribution >= 4 is 15.9 Å². The predicted molar refractivity (Wildman–Crippen MR) is 107 cm³/mol. The average molecular weight is 429 g/mol. The number of halogens is 1. The number of aryl methyl sites for hydroxylation is 1. The first kappa shape index (κ1) is 19.2. The molecule has 2 N–H and O–H groups in total. The SMILES string of the molecule is Cc1cc2c(c(=O)n1CCN(C)C)[C@@H](c1ccccc1Br)C(C#N)=C(N)O2. The Kier molecular flexibility index (Phi) is 5.40. The van der Waals surface area contributed by atoms with E-state index in [0.717, 1.165) is 22.3 Å². The molecule has 140 valence electrons. The van der Waals surface area contributed by atoms with Crippen LogP contribution in [0.5, 0.6) is 5.75 Å². The topological polar surface area (TPSA) is 84.3 Å². The van der Waals surface area contributed by atoms with E-state index in [0.29, 0.717) is 17.9 Å². The zero-order valence-electron chi connectivity index (χ0n) is 15.5. The molecule has 1 aromatic carbocycles. The van der Waals surface area contributed by atoms with Crippen LogP contribution in [0.15, 0.2) is 51.1 Å². The second-order valence-electron chi connectivity index (χ2n) is 6.77. The number of nitrogens with two attached hydrogens (primary N) is 1. The highest BCUT2D eigenvalue weighted by atomic mass is 79.9. The van der Waals surface area contributed by atoms with Gasteiger partial charge in [0.05, 0.1) is 11.5 Å². The highest BCUT2D eigenvalue weighted by molar-refractivity contribution is 9.10. The standard InChI is InChI=1S/C20H21BrN4O2/c1-12-10-16-18(20(26)25(12)9-8-24(2)3)17(14(11-22)19(23)27-16)13-6-4-5-7-15(13)21/h4-7,10,17H,8-9,23H2,1-3H3/t17-/m0/s1. The number of likely N-dealkylation sites (N-methyl/N-ethyl adjacent to an activating group) is 1. The second kappa shape index (κ2) is 7.59. The maximum Gasteiger partial charge on any atom is 0.258 e. The van der Waals surface area contributed by atoms with Gasteiger partial charge < -0.3 is 19.9 Å². The Hall–Kier alpha value is -2.56. The van der Waals surface area contributed by atoms with Crippen molar-refractivity contribution in [2.75, 3.05) is 20.6 Å². The molecule has 2 aromatic rings. The Morgan fingerprint density at radius 1 is 1.37 bits per heavy atom. The van der Waals surface area contributed by atoms with Crippen LogP contribution in [-0.4, -0.2) is 30.1 Å². The van der Waals surface area contributed by atoms with Crippen molar-refractivity contribution in [2.45, 2.75) is 19.4 Å². The van der Waals surface area contributed by atoms with E-state index in [1.165, 1.54) is 0 Å². The third-order valence-electron chi connectivity index (χ3n) is 4.68. The number of nitriles is 1. The van der Waals surface area contributed by atoms with Crippen molar-refractivity contribution < 1.29 is 4.74 Å². The minimum Gasteiger partial charge on any atom is -0.440 e. The predicted octanol–water partition coefficient (Wildman–Crippen LogP) is 2.70. The van der Waals surface area contributed by atoms with Crippen molar-refractivity contribution in [2.24, 2.45) is 5.73 Å². The molecule has 0 radical (unpaired) electrons. The molecule has 2 heterocycles. The van der Waals surface area contributed by atoms with Gasteiger partial charge in [-0.2, -0.15) is 5.26 Å². The van der Waals surface area contributed by atoms with Gasteiger partial charge in [-0.05, 0) is 32.6 Å². The number of ether oxygens (including phenoxy) is 1. The zero-order valence-corrected chi connectivity index (χ0v) is 17.1. The third kappa shape index (κ3) is 3.51. The highest BCUT2D eigenvalue weighted by Crippen LogP contribution is 2.42. The number of hydrogen-bond acceptors (Lipinski definition) is 5. The molecule has 7 heteroatoms. The Morgan fingerprint density at radius 3 is 2.70 bits per heavy atom. The van der Waals surface area contributed by atoms with Crippen molar-refractivity contribution in [3.63, 3.8) is 0 Å². The molecule has 6 nitrogen and oxygen atoms in total. The quantitative estimate of drug-likeness (QED) is 0.808. The van der Waals surface area contributed by atoms with Crippen molar-refractivity contribution in [3.8, 4) is 11.8 Å². The Balaban J connectivity index is 2.26. The van der Waals surface area contributed by atoms with E-state index in [1.807, 2.05) is 56.3 Å². The van der Waals surface area contributed by atoms with Gasteiger partial charge in [-0.25, -0.2) is 0 Å². The lowest BCUT2D eigenvalue weighted by Gasteiger charge is -2.28. The van der Waals surface area contributed by atoms with E-state index in [9.17, 15) is 10.1 Å². The Labute approximate surface area is 166 Å². The molecular weight excluding hydrogens is 408 g/mol. The van der Waals surface area contributed by atoms with Gasteiger partial charge in [0.15, 0.2) is 0 Å². The lowest BCUT2D eigenvalue weighted by atomic mass is 9.84. The molecule has 1 aliphatic heterocycles. The molecule has 1 aromatic heterocycles. The molecule has 0 spiro atoms. The molecule has 0 amide bonds. The van der Waals surface area contributed by atoms with Crippen LogP contribution in [-0.2, 0) is 6.54 Å².